The molecular formula is C15H14NO+. The van der Waals surface area contributed by atoms with Gasteiger partial charge < -0.3 is 4.74 Å². The van der Waals surface area contributed by atoms with Crippen molar-refractivity contribution in [2.24, 2.45) is 7.05 Å². The molecule has 0 radical (unpaired) electrons. The van der Waals surface area contributed by atoms with Crippen molar-refractivity contribution in [3.8, 4) is 17.6 Å². The maximum Gasteiger partial charge on any atom is 0.169 e. The first-order chi connectivity index (χ1) is 8.28. The molecule has 1 heterocycles. The molecule has 0 saturated heterocycles. The van der Waals surface area contributed by atoms with Crippen LogP contribution >= 0.6 is 0 Å². The monoisotopic (exact) mass is 224 g/mol. The number of aromatic nitrogens is 1. The number of pyridine rings is 1. The standard InChI is InChI=1S/C15H14NO/c1-16-11-9-14(10-12-16)4-3-13-5-7-15(17-2)8-6-13/h5-12H,1-2H3/q+1. The summed E-state index contributed by atoms with van der Waals surface area (Å²) >= 11 is 0. The predicted molar refractivity (Wildman–Crippen MR) is 66.6 cm³/mol. The lowest BCUT2D eigenvalue weighted by atomic mass is 10.2. The van der Waals surface area contributed by atoms with Crippen LogP contribution in [0.2, 0.25) is 0 Å². The summed E-state index contributed by atoms with van der Waals surface area (Å²) in [6.45, 7) is 0. The Morgan fingerprint density at radius 1 is 0.882 bits per heavy atom. The smallest absolute Gasteiger partial charge is 0.169 e. The Labute approximate surface area is 101 Å². The molecule has 0 bridgehead atoms. The van der Waals surface area contributed by atoms with Gasteiger partial charge in [-0.05, 0) is 24.3 Å². The van der Waals surface area contributed by atoms with Crippen molar-refractivity contribution < 1.29 is 9.30 Å². The van der Waals surface area contributed by atoms with Crippen molar-refractivity contribution >= 4 is 0 Å². The van der Waals surface area contributed by atoms with Crippen molar-refractivity contribution in [3.05, 3.63) is 59.9 Å². The lowest BCUT2D eigenvalue weighted by Crippen LogP contribution is -2.25. The molecule has 0 N–H and O–H groups in total. The SMILES string of the molecule is COc1ccc(C#Cc2cc[n+](C)cc2)cc1. The van der Waals surface area contributed by atoms with E-state index in [1.807, 2.05) is 60.4 Å². The van der Waals surface area contributed by atoms with E-state index in [0.29, 0.717) is 0 Å². The Balaban J connectivity index is 2.17. The molecule has 0 spiro atoms. The molecule has 0 amide bonds. The molecule has 0 atom stereocenters. The molecule has 0 unspecified atom stereocenters. The fourth-order valence-electron chi connectivity index (χ4n) is 1.40. The summed E-state index contributed by atoms with van der Waals surface area (Å²) in [5.74, 6) is 7.09. The maximum atomic E-state index is 5.09. The van der Waals surface area contributed by atoms with Gasteiger partial charge in [-0.25, -0.2) is 4.57 Å². The van der Waals surface area contributed by atoms with Gasteiger partial charge in [-0.2, -0.15) is 0 Å². The van der Waals surface area contributed by atoms with Crippen molar-refractivity contribution in [2.75, 3.05) is 7.11 Å². The van der Waals surface area contributed by atoms with Crippen molar-refractivity contribution in [1.29, 1.82) is 0 Å². The average Bonchev–Trinajstić information content (AvgIpc) is 2.39. The normalized spacial score (nSPS) is 9.29. The molecule has 0 saturated carbocycles. The van der Waals surface area contributed by atoms with Crippen LogP contribution in [0.3, 0.4) is 0 Å². The van der Waals surface area contributed by atoms with Crippen LogP contribution in [-0.2, 0) is 7.05 Å². The van der Waals surface area contributed by atoms with E-state index in [-0.39, 0.29) is 0 Å². The van der Waals surface area contributed by atoms with Crippen LogP contribution in [0.5, 0.6) is 5.75 Å². The van der Waals surface area contributed by atoms with Crippen LogP contribution in [0.1, 0.15) is 11.1 Å². The summed E-state index contributed by atoms with van der Waals surface area (Å²) in [6, 6.07) is 11.7. The first kappa shape index (κ1) is 11.2. The molecular weight excluding hydrogens is 210 g/mol. The Kier molecular flexibility index (Phi) is 3.42. The molecule has 2 rings (SSSR count). The van der Waals surface area contributed by atoms with E-state index in [1.54, 1.807) is 7.11 Å². The molecule has 0 aliphatic heterocycles. The number of rotatable bonds is 1. The summed E-state index contributed by atoms with van der Waals surface area (Å²) in [4.78, 5) is 0. The number of aryl methyl sites for hydroxylation is 1. The first-order valence-corrected chi connectivity index (χ1v) is 5.39. The minimum Gasteiger partial charge on any atom is -0.497 e. The van der Waals surface area contributed by atoms with Gasteiger partial charge in [-0.15, -0.1) is 0 Å². The Morgan fingerprint density at radius 3 is 1.94 bits per heavy atom. The van der Waals surface area contributed by atoms with Gasteiger partial charge in [0.05, 0.1) is 7.11 Å². The zero-order chi connectivity index (χ0) is 12.1. The predicted octanol–water partition coefficient (Wildman–Crippen LogP) is 1.92. The van der Waals surface area contributed by atoms with Gasteiger partial charge in [0.25, 0.3) is 0 Å². The molecule has 0 aliphatic carbocycles. The maximum absolute atomic E-state index is 5.09. The van der Waals surface area contributed by atoms with Gasteiger partial charge in [-0.3, -0.25) is 0 Å². The van der Waals surface area contributed by atoms with Gasteiger partial charge in [0.15, 0.2) is 12.4 Å². The Bertz CT molecular complexity index is 544. The van der Waals surface area contributed by atoms with Gasteiger partial charge in [0.1, 0.15) is 12.8 Å². The molecule has 84 valence electrons. The van der Waals surface area contributed by atoms with Crippen LogP contribution < -0.4 is 9.30 Å². The third kappa shape index (κ3) is 3.09. The molecule has 2 aromatic rings. The van der Waals surface area contributed by atoms with Crippen LogP contribution in [0, 0.1) is 11.8 Å². The Hall–Kier alpha value is -2.27. The molecule has 0 fully saturated rings. The molecule has 2 nitrogen and oxygen atoms in total. The molecule has 2 heteroatoms. The van der Waals surface area contributed by atoms with E-state index in [0.717, 1.165) is 16.9 Å². The quantitative estimate of drug-likeness (QED) is 0.533. The summed E-state index contributed by atoms with van der Waals surface area (Å²) in [7, 11) is 3.64. The fourth-order valence-corrected chi connectivity index (χ4v) is 1.40. The third-order valence-corrected chi connectivity index (χ3v) is 2.42. The van der Waals surface area contributed by atoms with E-state index < -0.39 is 0 Å². The average molecular weight is 224 g/mol. The largest absolute Gasteiger partial charge is 0.497 e. The second kappa shape index (κ2) is 5.18. The number of hydrogen-bond acceptors (Lipinski definition) is 1. The number of benzene rings is 1. The van der Waals surface area contributed by atoms with Crippen LogP contribution in [-0.4, -0.2) is 7.11 Å². The third-order valence-electron chi connectivity index (χ3n) is 2.42. The minimum atomic E-state index is 0.849. The topological polar surface area (TPSA) is 13.1 Å². The number of methoxy groups -OCH3 is 1. The molecule has 1 aromatic carbocycles. The van der Waals surface area contributed by atoms with E-state index in [9.17, 15) is 0 Å². The van der Waals surface area contributed by atoms with Crippen LogP contribution in [0.25, 0.3) is 0 Å². The van der Waals surface area contributed by atoms with Crippen LogP contribution in [0.4, 0.5) is 0 Å². The number of hydrogen-bond donors (Lipinski definition) is 0. The lowest BCUT2D eigenvalue weighted by Gasteiger charge is -1.97. The van der Waals surface area contributed by atoms with Crippen molar-refractivity contribution in [1.82, 2.24) is 0 Å². The van der Waals surface area contributed by atoms with E-state index >= 15 is 0 Å². The van der Waals surface area contributed by atoms with E-state index in [2.05, 4.69) is 11.8 Å². The van der Waals surface area contributed by atoms with E-state index in [1.165, 1.54) is 0 Å². The molecule has 17 heavy (non-hydrogen) atoms. The second-order valence-electron chi connectivity index (χ2n) is 3.73. The minimum absolute atomic E-state index is 0.849. The summed E-state index contributed by atoms with van der Waals surface area (Å²) < 4.78 is 7.08. The van der Waals surface area contributed by atoms with E-state index in [4.69, 9.17) is 4.74 Å². The van der Waals surface area contributed by atoms with Gasteiger partial charge in [-0.1, -0.05) is 11.8 Å². The number of ether oxygens (including phenoxy) is 1. The highest BCUT2D eigenvalue weighted by Gasteiger charge is 1.92. The van der Waals surface area contributed by atoms with Gasteiger partial charge in [0.2, 0.25) is 0 Å². The van der Waals surface area contributed by atoms with Crippen LogP contribution in [0.15, 0.2) is 48.8 Å². The summed E-state index contributed by atoms with van der Waals surface area (Å²) in [6.07, 6.45) is 3.97. The highest BCUT2D eigenvalue weighted by molar-refractivity contribution is 5.43. The van der Waals surface area contributed by atoms with Crippen molar-refractivity contribution in [3.63, 3.8) is 0 Å². The summed E-state index contributed by atoms with van der Waals surface area (Å²) in [5.41, 5.74) is 2.00. The molecule has 0 aliphatic rings. The Morgan fingerprint density at radius 2 is 1.41 bits per heavy atom. The first-order valence-electron chi connectivity index (χ1n) is 5.39. The van der Waals surface area contributed by atoms with Gasteiger partial charge in [0, 0.05) is 23.3 Å². The second-order valence-corrected chi connectivity index (χ2v) is 3.73. The van der Waals surface area contributed by atoms with Crippen molar-refractivity contribution in [2.45, 2.75) is 0 Å². The lowest BCUT2D eigenvalue weighted by molar-refractivity contribution is -0.671. The fraction of sp³-hybridized carbons (Fsp3) is 0.133. The van der Waals surface area contributed by atoms with Gasteiger partial charge >= 0.3 is 0 Å². The zero-order valence-electron chi connectivity index (χ0n) is 9.97. The highest BCUT2D eigenvalue weighted by Crippen LogP contribution is 2.10. The zero-order valence-corrected chi connectivity index (χ0v) is 9.97. The molecule has 1 aromatic heterocycles. The highest BCUT2D eigenvalue weighted by atomic mass is 16.5. The number of nitrogens with zero attached hydrogens (tertiary/aromatic N) is 1. The summed E-state index contributed by atoms with van der Waals surface area (Å²) in [5, 5.41) is 0.